The van der Waals surface area contributed by atoms with E-state index >= 15 is 0 Å². The third-order valence-corrected chi connectivity index (χ3v) is 2.51. The van der Waals surface area contributed by atoms with Crippen LogP contribution in [0.5, 0.6) is 11.5 Å². The van der Waals surface area contributed by atoms with Gasteiger partial charge in [0.05, 0.1) is 12.7 Å². The molecule has 2 rings (SSSR count). The van der Waals surface area contributed by atoms with Crippen molar-refractivity contribution >= 4 is 12.3 Å². The number of methoxy groups -OCH3 is 1. The number of aldehydes is 1. The van der Waals surface area contributed by atoms with Gasteiger partial charge in [-0.05, 0) is 42.5 Å². The van der Waals surface area contributed by atoms with Crippen LogP contribution in [0.25, 0.3) is 0 Å². The normalized spacial score (nSPS) is 9.74. The van der Waals surface area contributed by atoms with Gasteiger partial charge in [0.25, 0.3) is 0 Å². The van der Waals surface area contributed by atoms with Gasteiger partial charge in [-0.2, -0.15) is 0 Å². The molecule has 2 aromatic rings. The van der Waals surface area contributed by atoms with Crippen LogP contribution in [0.1, 0.15) is 20.7 Å². The summed E-state index contributed by atoms with van der Waals surface area (Å²) in [6, 6.07) is 13.4. The first-order valence-corrected chi connectivity index (χ1v) is 5.64. The van der Waals surface area contributed by atoms with Crippen molar-refractivity contribution in [3.8, 4) is 11.5 Å². The number of hydrogen-bond acceptors (Lipinski definition) is 4. The van der Waals surface area contributed by atoms with E-state index in [9.17, 15) is 9.59 Å². The average molecular weight is 256 g/mol. The SMILES string of the molecule is COC(=O)c1cccc(Oc2ccc(C=O)cc2)c1. The number of rotatable bonds is 4. The van der Waals surface area contributed by atoms with Crippen LogP contribution in [-0.2, 0) is 4.74 Å². The molecule has 4 nitrogen and oxygen atoms in total. The second-order valence-electron chi connectivity index (χ2n) is 3.81. The quantitative estimate of drug-likeness (QED) is 0.623. The van der Waals surface area contributed by atoms with Crippen molar-refractivity contribution in [1.82, 2.24) is 0 Å². The number of hydrogen-bond donors (Lipinski definition) is 0. The zero-order valence-corrected chi connectivity index (χ0v) is 10.3. The molecule has 0 amide bonds. The summed E-state index contributed by atoms with van der Waals surface area (Å²) >= 11 is 0. The molecule has 0 bridgehead atoms. The molecule has 0 radical (unpaired) electrons. The molecule has 0 atom stereocenters. The van der Waals surface area contributed by atoms with Crippen LogP contribution in [-0.4, -0.2) is 19.4 Å². The smallest absolute Gasteiger partial charge is 0.337 e. The van der Waals surface area contributed by atoms with Crippen molar-refractivity contribution in [2.45, 2.75) is 0 Å². The predicted molar refractivity (Wildman–Crippen MR) is 69.7 cm³/mol. The van der Waals surface area contributed by atoms with Gasteiger partial charge >= 0.3 is 5.97 Å². The third kappa shape index (κ3) is 3.19. The van der Waals surface area contributed by atoms with Crippen LogP contribution in [0.3, 0.4) is 0 Å². The van der Waals surface area contributed by atoms with Crippen LogP contribution >= 0.6 is 0 Å². The molecule has 4 heteroatoms. The number of carbonyl (C=O) groups excluding carboxylic acids is 2. The molecule has 96 valence electrons. The lowest BCUT2D eigenvalue weighted by Crippen LogP contribution is -2.00. The van der Waals surface area contributed by atoms with E-state index in [1.807, 2.05) is 0 Å². The number of ether oxygens (including phenoxy) is 2. The molecule has 0 spiro atoms. The molecule has 0 fully saturated rings. The van der Waals surface area contributed by atoms with Gasteiger partial charge in [0.15, 0.2) is 0 Å². The fourth-order valence-corrected chi connectivity index (χ4v) is 1.55. The van der Waals surface area contributed by atoms with Gasteiger partial charge in [0.2, 0.25) is 0 Å². The van der Waals surface area contributed by atoms with Crippen molar-refractivity contribution < 1.29 is 19.1 Å². The Hall–Kier alpha value is -2.62. The van der Waals surface area contributed by atoms with E-state index in [-0.39, 0.29) is 0 Å². The molecule has 0 aliphatic heterocycles. The van der Waals surface area contributed by atoms with E-state index in [1.165, 1.54) is 7.11 Å². The topological polar surface area (TPSA) is 52.6 Å². The average Bonchev–Trinajstić information content (AvgIpc) is 2.47. The van der Waals surface area contributed by atoms with Gasteiger partial charge in [0, 0.05) is 5.56 Å². The minimum absolute atomic E-state index is 0.415. The van der Waals surface area contributed by atoms with E-state index < -0.39 is 5.97 Å². The van der Waals surface area contributed by atoms with Crippen molar-refractivity contribution in [1.29, 1.82) is 0 Å². The fraction of sp³-hybridized carbons (Fsp3) is 0.0667. The molecular weight excluding hydrogens is 244 g/mol. The van der Waals surface area contributed by atoms with Crippen LogP contribution in [0, 0.1) is 0 Å². The third-order valence-electron chi connectivity index (χ3n) is 2.51. The largest absolute Gasteiger partial charge is 0.465 e. The van der Waals surface area contributed by atoms with Crippen molar-refractivity contribution in [2.75, 3.05) is 7.11 Å². The first kappa shape index (κ1) is 12.8. The lowest BCUT2D eigenvalue weighted by molar-refractivity contribution is 0.0600. The van der Waals surface area contributed by atoms with Gasteiger partial charge in [-0.3, -0.25) is 4.79 Å². The fourth-order valence-electron chi connectivity index (χ4n) is 1.55. The highest BCUT2D eigenvalue weighted by atomic mass is 16.5. The van der Waals surface area contributed by atoms with E-state index in [2.05, 4.69) is 4.74 Å². The lowest BCUT2D eigenvalue weighted by atomic mass is 10.2. The standard InChI is InChI=1S/C15H12O4/c1-18-15(17)12-3-2-4-14(9-12)19-13-7-5-11(10-16)6-8-13/h2-10H,1H3. The molecule has 0 aliphatic rings. The van der Waals surface area contributed by atoms with E-state index in [1.54, 1.807) is 48.5 Å². The maximum Gasteiger partial charge on any atom is 0.337 e. The van der Waals surface area contributed by atoms with Crippen LogP contribution in [0.15, 0.2) is 48.5 Å². The zero-order chi connectivity index (χ0) is 13.7. The Balaban J connectivity index is 2.18. The Morgan fingerprint density at radius 1 is 1.05 bits per heavy atom. The monoisotopic (exact) mass is 256 g/mol. The zero-order valence-electron chi connectivity index (χ0n) is 10.3. The Kier molecular flexibility index (Phi) is 3.93. The number of esters is 1. The molecule has 0 aliphatic carbocycles. The highest BCUT2D eigenvalue weighted by molar-refractivity contribution is 5.89. The second kappa shape index (κ2) is 5.82. The summed E-state index contributed by atoms with van der Waals surface area (Å²) in [7, 11) is 1.33. The lowest BCUT2D eigenvalue weighted by Gasteiger charge is -2.07. The first-order valence-electron chi connectivity index (χ1n) is 5.64. The number of carbonyl (C=O) groups is 2. The second-order valence-corrected chi connectivity index (χ2v) is 3.81. The molecule has 0 aromatic heterocycles. The molecule has 19 heavy (non-hydrogen) atoms. The summed E-state index contributed by atoms with van der Waals surface area (Å²) in [5.74, 6) is 0.705. The molecule has 2 aromatic carbocycles. The predicted octanol–water partition coefficient (Wildman–Crippen LogP) is 3.08. The maximum atomic E-state index is 11.4. The van der Waals surface area contributed by atoms with Crippen LogP contribution in [0.4, 0.5) is 0 Å². The summed E-state index contributed by atoms with van der Waals surface area (Å²) in [5.41, 5.74) is 1.00. The first-order chi connectivity index (χ1) is 9.22. The molecule has 0 heterocycles. The van der Waals surface area contributed by atoms with E-state index in [4.69, 9.17) is 4.74 Å². The Bertz CT molecular complexity index is 587. The van der Waals surface area contributed by atoms with Gasteiger partial charge in [-0.25, -0.2) is 4.79 Å². The highest BCUT2D eigenvalue weighted by Crippen LogP contribution is 2.22. The minimum Gasteiger partial charge on any atom is -0.465 e. The number of benzene rings is 2. The van der Waals surface area contributed by atoms with Gasteiger partial charge in [-0.15, -0.1) is 0 Å². The summed E-state index contributed by atoms with van der Waals surface area (Å²) in [5, 5.41) is 0. The molecule has 0 saturated carbocycles. The van der Waals surface area contributed by atoms with Crippen molar-refractivity contribution in [3.05, 3.63) is 59.7 Å². The van der Waals surface area contributed by atoms with Gasteiger partial charge in [0.1, 0.15) is 17.8 Å². The van der Waals surface area contributed by atoms with Crippen molar-refractivity contribution in [2.24, 2.45) is 0 Å². The Morgan fingerprint density at radius 3 is 2.42 bits per heavy atom. The van der Waals surface area contributed by atoms with Gasteiger partial charge < -0.3 is 9.47 Å². The van der Waals surface area contributed by atoms with Crippen LogP contribution < -0.4 is 4.74 Å². The van der Waals surface area contributed by atoms with Crippen molar-refractivity contribution in [3.63, 3.8) is 0 Å². The van der Waals surface area contributed by atoms with Crippen LogP contribution in [0.2, 0.25) is 0 Å². The summed E-state index contributed by atoms with van der Waals surface area (Å²) in [4.78, 5) is 21.9. The molecule has 0 N–H and O–H groups in total. The molecule has 0 unspecified atom stereocenters. The highest BCUT2D eigenvalue weighted by Gasteiger charge is 2.06. The minimum atomic E-state index is -0.415. The Labute approximate surface area is 110 Å². The summed E-state index contributed by atoms with van der Waals surface area (Å²) < 4.78 is 10.2. The van der Waals surface area contributed by atoms with E-state index in [0.717, 1.165) is 6.29 Å². The van der Waals surface area contributed by atoms with E-state index in [0.29, 0.717) is 22.6 Å². The molecular formula is C15H12O4. The summed E-state index contributed by atoms with van der Waals surface area (Å²) in [6.07, 6.45) is 0.766. The summed E-state index contributed by atoms with van der Waals surface area (Å²) in [6.45, 7) is 0. The Morgan fingerprint density at radius 2 is 1.79 bits per heavy atom. The van der Waals surface area contributed by atoms with Gasteiger partial charge in [-0.1, -0.05) is 6.07 Å². The molecule has 0 saturated heterocycles. The maximum absolute atomic E-state index is 11.4.